The molecule has 2 rings (SSSR count). The van der Waals surface area contributed by atoms with Crippen LogP contribution in [0.25, 0.3) is 11.1 Å². The molecule has 0 aliphatic rings. The third kappa shape index (κ3) is 2.18. The van der Waals surface area contributed by atoms with Gasteiger partial charge in [0.05, 0.1) is 6.04 Å². The van der Waals surface area contributed by atoms with E-state index in [4.69, 9.17) is 10.2 Å². The summed E-state index contributed by atoms with van der Waals surface area (Å²) in [7, 11) is 0. The second kappa shape index (κ2) is 4.03. The highest BCUT2D eigenvalue weighted by molar-refractivity contribution is 5.72. The number of fused-ring (bicyclic) bond motifs is 1. The Hall–Kier alpha value is -1.35. The molecule has 3 heteroatoms. The number of nitrogens with zero attached hydrogens (tertiary/aromatic N) is 1. The van der Waals surface area contributed by atoms with Gasteiger partial charge in [0.25, 0.3) is 0 Å². The van der Waals surface area contributed by atoms with Crippen LogP contribution in [0.2, 0.25) is 0 Å². The molecule has 1 heterocycles. The fourth-order valence-corrected chi connectivity index (χ4v) is 1.66. The van der Waals surface area contributed by atoms with E-state index >= 15 is 0 Å². The number of rotatable bonds is 3. The highest BCUT2D eigenvalue weighted by Crippen LogP contribution is 2.22. The van der Waals surface area contributed by atoms with Crippen molar-refractivity contribution >= 4 is 11.1 Å². The number of benzene rings is 1. The van der Waals surface area contributed by atoms with Crippen LogP contribution in [0.5, 0.6) is 0 Å². The van der Waals surface area contributed by atoms with Gasteiger partial charge in [0.15, 0.2) is 5.58 Å². The molecule has 0 unspecified atom stereocenters. The van der Waals surface area contributed by atoms with Crippen LogP contribution < -0.4 is 5.73 Å². The van der Waals surface area contributed by atoms with Crippen LogP contribution in [0.3, 0.4) is 0 Å². The van der Waals surface area contributed by atoms with Gasteiger partial charge in [-0.2, -0.15) is 0 Å². The first kappa shape index (κ1) is 10.2. The standard InChI is InChI=1S/C12H16N2O/c1-8(2)7-9(13)12-14-10-5-3-4-6-11(10)15-12/h3-6,8-9H,7,13H2,1-2H3/t9-/m1/s1. The topological polar surface area (TPSA) is 52.0 Å². The second-order valence-corrected chi connectivity index (χ2v) is 4.26. The van der Waals surface area contributed by atoms with Crippen LogP contribution in [-0.4, -0.2) is 4.98 Å². The van der Waals surface area contributed by atoms with Gasteiger partial charge < -0.3 is 10.2 Å². The van der Waals surface area contributed by atoms with Gasteiger partial charge in [-0.25, -0.2) is 4.98 Å². The lowest BCUT2D eigenvalue weighted by atomic mass is 10.0. The van der Waals surface area contributed by atoms with Crippen LogP contribution in [0.15, 0.2) is 28.7 Å². The molecule has 0 amide bonds. The van der Waals surface area contributed by atoms with Crippen molar-refractivity contribution in [2.24, 2.45) is 11.7 Å². The number of hydrogen-bond acceptors (Lipinski definition) is 3. The first-order valence-electron chi connectivity index (χ1n) is 5.28. The quantitative estimate of drug-likeness (QED) is 0.836. The Labute approximate surface area is 89.3 Å². The Morgan fingerprint density at radius 1 is 1.33 bits per heavy atom. The lowest BCUT2D eigenvalue weighted by Crippen LogP contribution is -2.13. The minimum absolute atomic E-state index is 0.0996. The molecular weight excluding hydrogens is 188 g/mol. The van der Waals surface area contributed by atoms with E-state index in [9.17, 15) is 0 Å². The molecule has 15 heavy (non-hydrogen) atoms. The second-order valence-electron chi connectivity index (χ2n) is 4.26. The fraction of sp³-hybridized carbons (Fsp3) is 0.417. The van der Waals surface area contributed by atoms with E-state index in [-0.39, 0.29) is 6.04 Å². The summed E-state index contributed by atoms with van der Waals surface area (Å²) in [4.78, 5) is 4.37. The van der Waals surface area contributed by atoms with Crippen molar-refractivity contribution in [3.05, 3.63) is 30.2 Å². The van der Waals surface area contributed by atoms with Crippen molar-refractivity contribution in [3.8, 4) is 0 Å². The van der Waals surface area contributed by atoms with Gasteiger partial charge in [0.2, 0.25) is 5.89 Å². The largest absolute Gasteiger partial charge is 0.439 e. The lowest BCUT2D eigenvalue weighted by molar-refractivity contribution is 0.417. The Bertz CT molecular complexity index is 415. The molecular formula is C12H16N2O. The summed E-state index contributed by atoms with van der Waals surface area (Å²) in [5.74, 6) is 1.19. The zero-order chi connectivity index (χ0) is 10.8. The normalized spacial score (nSPS) is 13.6. The first-order chi connectivity index (χ1) is 7.16. The van der Waals surface area contributed by atoms with Gasteiger partial charge in [-0.05, 0) is 24.5 Å². The Kier molecular flexibility index (Phi) is 2.73. The molecule has 0 fully saturated rings. The molecule has 0 radical (unpaired) electrons. The molecule has 0 spiro atoms. The van der Waals surface area contributed by atoms with Crippen molar-refractivity contribution in [1.29, 1.82) is 0 Å². The van der Waals surface area contributed by atoms with Gasteiger partial charge >= 0.3 is 0 Å². The van der Waals surface area contributed by atoms with Crippen LogP contribution in [0.1, 0.15) is 32.2 Å². The van der Waals surface area contributed by atoms with Crippen molar-refractivity contribution in [2.45, 2.75) is 26.3 Å². The predicted octanol–water partition coefficient (Wildman–Crippen LogP) is 2.87. The molecule has 1 aromatic heterocycles. The maximum absolute atomic E-state index is 6.00. The minimum atomic E-state index is -0.0996. The maximum Gasteiger partial charge on any atom is 0.212 e. The van der Waals surface area contributed by atoms with Gasteiger partial charge in [0, 0.05) is 0 Å². The maximum atomic E-state index is 6.00. The summed E-state index contributed by atoms with van der Waals surface area (Å²) in [5.41, 5.74) is 7.70. The molecule has 1 aromatic carbocycles. The summed E-state index contributed by atoms with van der Waals surface area (Å²) >= 11 is 0. The SMILES string of the molecule is CC(C)C[C@@H](N)c1nc2ccccc2o1. The third-order valence-electron chi connectivity index (χ3n) is 2.35. The highest BCUT2D eigenvalue weighted by Gasteiger charge is 2.14. The Balaban J connectivity index is 2.28. The van der Waals surface area contributed by atoms with Gasteiger partial charge in [0.1, 0.15) is 5.52 Å². The summed E-state index contributed by atoms with van der Waals surface area (Å²) < 4.78 is 5.59. The number of para-hydroxylation sites is 2. The monoisotopic (exact) mass is 204 g/mol. The van der Waals surface area contributed by atoms with Crippen molar-refractivity contribution in [3.63, 3.8) is 0 Å². The molecule has 0 bridgehead atoms. The van der Waals surface area contributed by atoms with Crippen LogP contribution >= 0.6 is 0 Å². The molecule has 2 N–H and O–H groups in total. The van der Waals surface area contributed by atoms with E-state index in [0.29, 0.717) is 11.8 Å². The van der Waals surface area contributed by atoms with Crippen LogP contribution in [0.4, 0.5) is 0 Å². The molecule has 1 atom stereocenters. The number of aromatic nitrogens is 1. The zero-order valence-electron chi connectivity index (χ0n) is 9.10. The van der Waals surface area contributed by atoms with E-state index in [1.807, 2.05) is 24.3 Å². The molecule has 0 saturated heterocycles. The van der Waals surface area contributed by atoms with E-state index in [0.717, 1.165) is 17.5 Å². The molecule has 2 aromatic rings. The van der Waals surface area contributed by atoms with Crippen LogP contribution in [-0.2, 0) is 0 Å². The smallest absolute Gasteiger partial charge is 0.212 e. The van der Waals surface area contributed by atoms with Gasteiger partial charge in [-0.15, -0.1) is 0 Å². The third-order valence-corrected chi connectivity index (χ3v) is 2.35. The molecule has 80 valence electrons. The Morgan fingerprint density at radius 2 is 2.07 bits per heavy atom. The fourth-order valence-electron chi connectivity index (χ4n) is 1.66. The number of nitrogens with two attached hydrogens (primary N) is 1. The van der Waals surface area contributed by atoms with E-state index < -0.39 is 0 Å². The predicted molar refractivity (Wildman–Crippen MR) is 60.4 cm³/mol. The molecule has 0 aliphatic heterocycles. The zero-order valence-corrected chi connectivity index (χ0v) is 9.10. The van der Waals surface area contributed by atoms with Crippen molar-refractivity contribution < 1.29 is 4.42 Å². The minimum Gasteiger partial charge on any atom is -0.439 e. The average molecular weight is 204 g/mol. The molecule has 0 aliphatic carbocycles. The number of oxazole rings is 1. The summed E-state index contributed by atoms with van der Waals surface area (Å²) in [6, 6.07) is 7.63. The Morgan fingerprint density at radius 3 is 2.73 bits per heavy atom. The van der Waals surface area contributed by atoms with E-state index in [1.54, 1.807) is 0 Å². The van der Waals surface area contributed by atoms with Gasteiger partial charge in [-0.3, -0.25) is 0 Å². The summed E-state index contributed by atoms with van der Waals surface area (Å²) in [5, 5.41) is 0. The number of hydrogen-bond donors (Lipinski definition) is 1. The van der Waals surface area contributed by atoms with Crippen molar-refractivity contribution in [2.75, 3.05) is 0 Å². The molecule has 0 saturated carbocycles. The van der Waals surface area contributed by atoms with Crippen LogP contribution in [0, 0.1) is 5.92 Å². The summed E-state index contributed by atoms with van der Waals surface area (Å²) in [6.45, 7) is 4.28. The van der Waals surface area contributed by atoms with Gasteiger partial charge in [-0.1, -0.05) is 26.0 Å². The van der Waals surface area contributed by atoms with E-state index in [2.05, 4.69) is 18.8 Å². The average Bonchev–Trinajstić information content (AvgIpc) is 2.59. The highest BCUT2D eigenvalue weighted by atomic mass is 16.3. The van der Waals surface area contributed by atoms with E-state index in [1.165, 1.54) is 0 Å². The van der Waals surface area contributed by atoms with Crippen molar-refractivity contribution in [1.82, 2.24) is 4.98 Å². The lowest BCUT2D eigenvalue weighted by Gasteiger charge is -2.09. The summed E-state index contributed by atoms with van der Waals surface area (Å²) in [6.07, 6.45) is 0.896. The first-order valence-corrected chi connectivity index (χ1v) is 5.28. The molecule has 3 nitrogen and oxygen atoms in total.